The lowest BCUT2D eigenvalue weighted by atomic mass is 9.78. The first kappa shape index (κ1) is 32.4. The molecular weight excluding hydrogens is 644 g/mol. The average molecular weight is 681 g/mol. The van der Waals surface area contributed by atoms with Crippen LogP contribution in [-0.4, -0.2) is 82.0 Å². The standard InChI is InChI=1S/C37H37ClN6O3S/c1-36(38)30(26-7-4-3-5-8-26)9-6-12-37(36,48-32-21-29(10-13-40-32)44-17-15-42(2)16-18-44)35-41-31-20-25(19-28(22-39)33(31)47-35)23-43-14-11-27(24-43)34(45)46/h3-10,12-13,19-21,27H,11,14-18,23-24H2,1-2H3,(H,45,46)/t27-,36?,37?/m1/s1. The topological polar surface area (TPSA) is 110 Å². The van der Waals surface area contributed by atoms with Gasteiger partial charge >= 0.3 is 5.97 Å². The van der Waals surface area contributed by atoms with E-state index in [-0.39, 0.29) is 5.92 Å². The molecule has 0 saturated carbocycles. The predicted octanol–water partition coefficient (Wildman–Crippen LogP) is 6.39. The van der Waals surface area contributed by atoms with Crippen LogP contribution in [0.25, 0.3) is 16.7 Å². The number of aromatic nitrogens is 2. The molecule has 48 heavy (non-hydrogen) atoms. The molecule has 2 fully saturated rings. The number of likely N-dealkylation sites (tertiary alicyclic amines) is 1. The number of oxazole rings is 1. The molecule has 2 unspecified atom stereocenters. The lowest BCUT2D eigenvalue weighted by molar-refractivity contribution is -0.141. The molecule has 3 atom stereocenters. The molecule has 1 N–H and O–H groups in total. The third kappa shape index (κ3) is 6.01. The number of thioether (sulfide) groups is 1. The summed E-state index contributed by atoms with van der Waals surface area (Å²) in [7, 11) is 2.14. The van der Waals surface area contributed by atoms with Crippen molar-refractivity contribution in [3.8, 4) is 6.07 Å². The highest BCUT2D eigenvalue weighted by molar-refractivity contribution is 8.00. The van der Waals surface area contributed by atoms with Crippen molar-refractivity contribution in [1.29, 1.82) is 5.26 Å². The van der Waals surface area contributed by atoms with Gasteiger partial charge in [-0.15, -0.1) is 11.6 Å². The highest BCUT2D eigenvalue weighted by atomic mass is 35.5. The van der Waals surface area contributed by atoms with E-state index in [0.29, 0.717) is 48.6 Å². The number of halogens is 1. The molecule has 0 radical (unpaired) electrons. The van der Waals surface area contributed by atoms with Crippen molar-refractivity contribution in [2.75, 3.05) is 51.2 Å². The van der Waals surface area contributed by atoms with Crippen molar-refractivity contribution in [2.24, 2.45) is 5.92 Å². The van der Waals surface area contributed by atoms with Gasteiger partial charge in [-0.2, -0.15) is 5.26 Å². The van der Waals surface area contributed by atoms with E-state index in [0.717, 1.165) is 53.6 Å². The Balaban J connectivity index is 1.31. The normalized spacial score (nSPS) is 24.9. The summed E-state index contributed by atoms with van der Waals surface area (Å²) in [5.41, 5.74) is 5.23. The molecule has 2 aromatic heterocycles. The van der Waals surface area contributed by atoms with E-state index in [9.17, 15) is 15.2 Å². The number of nitriles is 1. The van der Waals surface area contributed by atoms with Crippen LogP contribution in [0.4, 0.5) is 5.69 Å². The van der Waals surface area contributed by atoms with Crippen molar-refractivity contribution in [3.63, 3.8) is 0 Å². The molecule has 2 aliphatic heterocycles. The summed E-state index contributed by atoms with van der Waals surface area (Å²) < 4.78 is 5.56. The number of carboxylic acids is 1. The van der Waals surface area contributed by atoms with Crippen LogP contribution in [0.15, 0.2) is 88.5 Å². The number of aliphatic carboxylic acids is 1. The number of hydrogen-bond donors (Lipinski definition) is 1. The number of carboxylic acid groups (broad SMARTS) is 1. The van der Waals surface area contributed by atoms with E-state index >= 15 is 0 Å². The number of anilines is 1. The summed E-state index contributed by atoms with van der Waals surface area (Å²) in [6.45, 7) is 7.53. The Bertz CT molecular complexity index is 1950. The smallest absolute Gasteiger partial charge is 0.307 e. The maximum Gasteiger partial charge on any atom is 0.307 e. The maximum absolute atomic E-state index is 11.5. The van der Waals surface area contributed by atoms with Crippen molar-refractivity contribution < 1.29 is 14.3 Å². The molecule has 9 nitrogen and oxygen atoms in total. The Morgan fingerprint density at radius 1 is 1.15 bits per heavy atom. The Morgan fingerprint density at radius 3 is 2.67 bits per heavy atom. The van der Waals surface area contributed by atoms with Gasteiger partial charge in [0.1, 0.15) is 16.3 Å². The second-order valence-electron chi connectivity index (χ2n) is 13.0. The molecule has 2 saturated heterocycles. The van der Waals surface area contributed by atoms with Crippen LogP contribution in [0.2, 0.25) is 0 Å². The SMILES string of the molecule is CN1CCN(c2ccnc(SC3(c4nc5cc(CN6CC[C@@H](C(=O)O)C6)cc(C#N)c5o4)C=CC=C(c4ccccc4)C3(C)Cl)c2)CC1. The summed E-state index contributed by atoms with van der Waals surface area (Å²) >= 11 is 9.27. The molecule has 4 aromatic rings. The van der Waals surface area contributed by atoms with Crippen molar-refractivity contribution in [1.82, 2.24) is 19.8 Å². The number of carbonyl (C=O) groups is 1. The second-order valence-corrected chi connectivity index (χ2v) is 15.0. The molecule has 7 rings (SSSR count). The highest BCUT2D eigenvalue weighted by Crippen LogP contribution is 2.59. The number of hydrogen-bond acceptors (Lipinski definition) is 9. The van der Waals surface area contributed by atoms with Crippen LogP contribution in [0.5, 0.6) is 0 Å². The lowest BCUT2D eigenvalue weighted by Gasteiger charge is -2.43. The van der Waals surface area contributed by atoms with E-state index in [1.165, 1.54) is 11.8 Å². The van der Waals surface area contributed by atoms with Crippen LogP contribution in [0, 0.1) is 17.2 Å². The Morgan fingerprint density at radius 2 is 1.94 bits per heavy atom. The Labute approximate surface area is 289 Å². The number of nitrogens with zero attached hydrogens (tertiary/aromatic N) is 6. The summed E-state index contributed by atoms with van der Waals surface area (Å²) in [5, 5.41) is 20.5. The van der Waals surface area contributed by atoms with Crippen LogP contribution < -0.4 is 4.90 Å². The highest BCUT2D eigenvalue weighted by Gasteiger charge is 2.55. The molecule has 1 aliphatic carbocycles. The van der Waals surface area contributed by atoms with E-state index < -0.39 is 15.6 Å². The van der Waals surface area contributed by atoms with Gasteiger partial charge in [0.25, 0.3) is 0 Å². The second kappa shape index (κ2) is 13.1. The maximum atomic E-state index is 11.5. The minimum absolute atomic E-state index is 0.375. The number of rotatable bonds is 8. The number of fused-ring (bicyclic) bond motifs is 1. The summed E-state index contributed by atoms with van der Waals surface area (Å²) in [4.78, 5) is 27.2. The third-order valence-corrected chi connectivity index (χ3v) is 11.8. The quantitative estimate of drug-likeness (QED) is 0.210. The summed E-state index contributed by atoms with van der Waals surface area (Å²) in [6, 6.07) is 20.3. The molecular formula is C37H37ClN6O3S. The fourth-order valence-electron chi connectivity index (χ4n) is 6.96. The van der Waals surface area contributed by atoms with Gasteiger partial charge < -0.3 is 19.3 Å². The molecule has 2 aromatic carbocycles. The van der Waals surface area contributed by atoms with Gasteiger partial charge in [-0.25, -0.2) is 9.97 Å². The predicted molar refractivity (Wildman–Crippen MR) is 189 cm³/mol. The molecule has 0 spiro atoms. The van der Waals surface area contributed by atoms with Gasteiger partial charge in [-0.05, 0) is 67.9 Å². The van der Waals surface area contributed by atoms with Crippen LogP contribution >= 0.6 is 23.4 Å². The Hall–Kier alpha value is -4.14. The van der Waals surface area contributed by atoms with Crippen LogP contribution in [-0.2, 0) is 16.1 Å². The number of benzene rings is 2. The van der Waals surface area contributed by atoms with Gasteiger partial charge in [0, 0.05) is 51.2 Å². The van der Waals surface area contributed by atoms with Gasteiger partial charge in [-0.3, -0.25) is 9.69 Å². The van der Waals surface area contributed by atoms with Crippen LogP contribution in [0.3, 0.4) is 0 Å². The molecule has 11 heteroatoms. The Kier molecular flexibility index (Phi) is 8.81. The molecule has 4 heterocycles. The summed E-state index contributed by atoms with van der Waals surface area (Å²) in [5.74, 6) is -0.772. The van der Waals surface area contributed by atoms with Crippen molar-refractivity contribution in [3.05, 3.63) is 102 Å². The number of allylic oxidation sites excluding steroid dienone is 3. The molecule has 246 valence electrons. The minimum atomic E-state index is -1.04. The zero-order chi connectivity index (χ0) is 33.5. The van der Waals surface area contributed by atoms with Crippen molar-refractivity contribution in [2.45, 2.75) is 34.5 Å². The van der Waals surface area contributed by atoms with E-state index in [1.54, 1.807) is 0 Å². The van der Waals surface area contributed by atoms with Gasteiger partial charge in [0.15, 0.2) is 5.58 Å². The van der Waals surface area contributed by atoms with Gasteiger partial charge in [0.2, 0.25) is 5.89 Å². The summed E-state index contributed by atoms with van der Waals surface area (Å²) in [6.07, 6.45) is 8.53. The monoisotopic (exact) mass is 680 g/mol. The fraction of sp³-hybridized carbons (Fsp3) is 0.351. The van der Waals surface area contributed by atoms with Gasteiger partial charge in [0.05, 0.1) is 21.4 Å². The average Bonchev–Trinajstić information content (AvgIpc) is 3.74. The van der Waals surface area contributed by atoms with Crippen LogP contribution in [0.1, 0.15) is 35.9 Å². The number of alkyl halides is 1. The number of piperazine rings is 1. The van der Waals surface area contributed by atoms with E-state index in [4.69, 9.17) is 26.0 Å². The molecule has 0 bridgehead atoms. The molecule has 0 amide bonds. The minimum Gasteiger partial charge on any atom is -0.481 e. The first-order valence-corrected chi connectivity index (χ1v) is 17.4. The zero-order valence-electron chi connectivity index (χ0n) is 27.0. The molecule has 3 aliphatic rings. The lowest BCUT2D eigenvalue weighted by Crippen LogP contribution is -2.45. The fourth-order valence-corrected chi connectivity index (χ4v) is 8.64. The number of likely N-dealkylation sites (N-methyl/N-ethyl adjacent to an activating group) is 1. The zero-order valence-corrected chi connectivity index (χ0v) is 28.5. The van der Waals surface area contributed by atoms with E-state index in [1.807, 2.05) is 79.9 Å². The largest absolute Gasteiger partial charge is 0.481 e. The van der Waals surface area contributed by atoms with Gasteiger partial charge in [-0.1, -0.05) is 60.3 Å². The number of pyridine rings is 1. The van der Waals surface area contributed by atoms with E-state index in [2.05, 4.69) is 33.9 Å². The first-order valence-electron chi connectivity index (χ1n) is 16.2. The third-order valence-electron chi connectivity index (χ3n) is 9.75. The van der Waals surface area contributed by atoms with Crippen molar-refractivity contribution >= 4 is 51.7 Å². The first-order chi connectivity index (χ1) is 23.2.